The summed E-state index contributed by atoms with van der Waals surface area (Å²) in [4.78, 5) is 5.53. The van der Waals surface area contributed by atoms with E-state index in [1.54, 1.807) is 11.3 Å². The summed E-state index contributed by atoms with van der Waals surface area (Å²) < 4.78 is 0.905. The van der Waals surface area contributed by atoms with Crippen molar-refractivity contribution in [1.82, 2.24) is 9.80 Å². The maximum absolute atomic E-state index is 6.40. The van der Waals surface area contributed by atoms with Crippen LogP contribution < -0.4 is 4.78 Å². The smallest absolute Gasteiger partial charge is 0.129 e. The number of allylic oxidation sites excluding steroid dienone is 9. The van der Waals surface area contributed by atoms with Crippen LogP contribution in [-0.2, 0) is 6.42 Å². The van der Waals surface area contributed by atoms with Crippen LogP contribution >= 0.6 is 11.3 Å². The summed E-state index contributed by atoms with van der Waals surface area (Å²) in [6, 6.07) is 2.25. The van der Waals surface area contributed by atoms with Gasteiger partial charge >= 0.3 is 0 Å². The highest BCUT2D eigenvalue weighted by atomic mass is 32.1. The van der Waals surface area contributed by atoms with Crippen LogP contribution in [0, 0.1) is 11.8 Å². The van der Waals surface area contributed by atoms with E-state index in [0.29, 0.717) is 11.8 Å². The number of rotatable bonds is 10. The van der Waals surface area contributed by atoms with E-state index in [0.717, 1.165) is 45.9 Å². The van der Waals surface area contributed by atoms with Crippen molar-refractivity contribution >= 4 is 29.5 Å². The largest absolute Gasteiger partial charge is 0.376 e. The van der Waals surface area contributed by atoms with E-state index in [4.69, 9.17) is 7.85 Å². The predicted octanol–water partition coefficient (Wildman–Crippen LogP) is 8.82. The Morgan fingerprint density at radius 2 is 1.71 bits per heavy atom. The molecular formula is C34H51BN2S. The van der Waals surface area contributed by atoms with Gasteiger partial charge in [-0.25, -0.2) is 0 Å². The van der Waals surface area contributed by atoms with Crippen LogP contribution in [0.15, 0.2) is 82.9 Å². The molecule has 0 saturated heterocycles. The quantitative estimate of drug-likeness (QED) is 0.220. The van der Waals surface area contributed by atoms with Crippen LogP contribution in [0.1, 0.15) is 79.2 Å². The Kier molecular flexibility index (Phi) is 13.4. The zero-order valence-corrected chi connectivity index (χ0v) is 27.1. The van der Waals surface area contributed by atoms with Crippen LogP contribution in [0.2, 0.25) is 0 Å². The van der Waals surface area contributed by atoms with Gasteiger partial charge in [-0.05, 0) is 90.7 Å². The lowest BCUT2D eigenvalue weighted by Gasteiger charge is -2.33. The van der Waals surface area contributed by atoms with Gasteiger partial charge in [0, 0.05) is 37.3 Å². The minimum absolute atomic E-state index is 0.566. The SMILES string of the molecule is CC.[B]c1sc(C2=CC(N(C)C)=C(/C=C(C=C)/C(C)=C/C(CC(C)C)=C(C)C)N(C)C2=C)cc1CC(C)C. The molecule has 4 heteroatoms. The summed E-state index contributed by atoms with van der Waals surface area (Å²) in [7, 11) is 12.7. The third-order valence-electron chi connectivity index (χ3n) is 6.47. The van der Waals surface area contributed by atoms with Crippen LogP contribution in [0.3, 0.4) is 0 Å². The first-order valence-electron chi connectivity index (χ1n) is 13.9. The molecule has 206 valence electrons. The first kappa shape index (κ1) is 33.6. The average Bonchev–Trinajstić information content (AvgIpc) is 3.19. The van der Waals surface area contributed by atoms with Gasteiger partial charge in [-0.3, -0.25) is 0 Å². The maximum Gasteiger partial charge on any atom is 0.129 e. The molecule has 2 rings (SSSR count). The lowest BCUT2D eigenvalue weighted by molar-refractivity contribution is 0.470. The number of likely N-dealkylation sites (N-methyl/N-ethyl adjacent to an activating group) is 2. The van der Waals surface area contributed by atoms with Gasteiger partial charge < -0.3 is 9.80 Å². The van der Waals surface area contributed by atoms with Crippen molar-refractivity contribution in [1.29, 1.82) is 0 Å². The lowest BCUT2D eigenvalue weighted by Crippen LogP contribution is -2.26. The zero-order chi connectivity index (χ0) is 29.3. The van der Waals surface area contributed by atoms with Crippen LogP contribution in [-0.4, -0.2) is 38.8 Å². The van der Waals surface area contributed by atoms with E-state index in [2.05, 4.69) is 117 Å². The summed E-state index contributed by atoms with van der Waals surface area (Å²) in [5, 5.41) is 0. The minimum Gasteiger partial charge on any atom is -0.376 e. The molecule has 1 aromatic heterocycles. The van der Waals surface area contributed by atoms with Gasteiger partial charge in [-0.2, -0.15) is 11.3 Å². The van der Waals surface area contributed by atoms with E-state index >= 15 is 0 Å². The first-order chi connectivity index (χ1) is 17.8. The number of thiophene rings is 1. The lowest BCUT2D eigenvalue weighted by atomic mass is 9.93. The third kappa shape index (κ3) is 8.80. The molecule has 1 aliphatic heterocycles. The Balaban J connectivity index is 0.00000352. The Morgan fingerprint density at radius 1 is 1.11 bits per heavy atom. The Hall–Kier alpha value is -2.46. The Bertz CT molecular complexity index is 1150. The van der Waals surface area contributed by atoms with Gasteiger partial charge in [-0.1, -0.05) is 72.4 Å². The molecule has 1 aliphatic rings. The molecule has 0 saturated carbocycles. The van der Waals surface area contributed by atoms with Crippen LogP contribution in [0.5, 0.6) is 0 Å². The summed E-state index contributed by atoms with van der Waals surface area (Å²) in [6.07, 6.45) is 10.8. The van der Waals surface area contributed by atoms with Gasteiger partial charge in [-0.15, -0.1) is 0 Å². The Morgan fingerprint density at radius 3 is 2.18 bits per heavy atom. The fourth-order valence-electron chi connectivity index (χ4n) is 4.38. The van der Waals surface area contributed by atoms with E-state index in [-0.39, 0.29) is 0 Å². The highest BCUT2D eigenvalue weighted by Gasteiger charge is 2.24. The molecule has 2 nitrogen and oxygen atoms in total. The van der Waals surface area contributed by atoms with Gasteiger partial charge in [0.2, 0.25) is 0 Å². The molecule has 0 N–H and O–H groups in total. The molecule has 1 aromatic rings. The molecular weight excluding hydrogens is 479 g/mol. The van der Waals surface area contributed by atoms with Crippen molar-refractivity contribution in [2.24, 2.45) is 11.8 Å². The van der Waals surface area contributed by atoms with E-state index < -0.39 is 0 Å². The van der Waals surface area contributed by atoms with Crippen molar-refractivity contribution in [3.05, 3.63) is 93.4 Å². The topological polar surface area (TPSA) is 6.48 Å². The summed E-state index contributed by atoms with van der Waals surface area (Å²) in [6.45, 7) is 28.2. The normalized spacial score (nSPS) is 14.5. The molecule has 0 bridgehead atoms. The fourth-order valence-corrected chi connectivity index (χ4v) is 5.38. The van der Waals surface area contributed by atoms with Gasteiger partial charge in [0.25, 0.3) is 0 Å². The van der Waals surface area contributed by atoms with Crippen molar-refractivity contribution in [3.63, 3.8) is 0 Å². The molecule has 0 spiro atoms. The molecule has 2 radical (unpaired) electrons. The zero-order valence-electron chi connectivity index (χ0n) is 26.2. The second kappa shape index (κ2) is 15.2. The molecule has 0 amide bonds. The molecule has 2 heterocycles. The van der Waals surface area contributed by atoms with Gasteiger partial charge in [0.1, 0.15) is 7.85 Å². The highest BCUT2D eigenvalue weighted by Crippen LogP contribution is 2.37. The second-order valence-electron chi connectivity index (χ2n) is 11.1. The fraction of sp³-hybridized carbons (Fsp3) is 0.471. The number of hydrogen-bond donors (Lipinski definition) is 0. The van der Waals surface area contributed by atoms with Crippen molar-refractivity contribution in [3.8, 4) is 0 Å². The number of hydrogen-bond acceptors (Lipinski definition) is 3. The van der Waals surface area contributed by atoms with E-state index in [9.17, 15) is 0 Å². The first-order valence-corrected chi connectivity index (χ1v) is 14.7. The minimum atomic E-state index is 0.566. The third-order valence-corrected chi connectivity index (χ3v) is 7.51. The molecule has 0 fully saturated rings. The van der Waals surface area contributed by atoms with Crippen molar-refractivity contribution in [2.45, 2.75) is 75.2 Å². The van der Waals surface area contributed by atoms with E-state index in [1.807, 2.05) is 19.9 Å². The molecule has 0 unspecified atom stereocenters. The highest BCUT2D eigenvalue weighted by molar-refractivity contribution is 7.21. The molecule has 0 aromatic carbocycles. The van der Waals surface area contributed by atoms with Crippen LogP contribution in [0.4, 0.5) is 0 Å². The predicted molar refractivity (Wildman–Crippen MR) is 175 cm³/mol. The van der Waals surface area contributed by atoms with Crippen molar-refractivity contribution in [2.75, 3.05) is 21.1 Å². The van der Waals surface area contributed by atoms with Crippen molar-refractivity contribution < 1.29 is 0 Å². The average molecular weight is 531 g/mol. The van der Waals surface area contributed by atoms with Gasteiger partial charge in [0.15, 0.2) is 0 Å². The Labute approximate surface area is 240 Å². The maximum atomic E-state index is 6.40. The monoisotopic (exact) mass is 530 g/mol. The van der Waals surface area contributed by atoms with E-state index in [1.165, 1.54) is 27.2 Å². The summed E-state index contributed by atoms with van der Waals surface area (Å²) >= 11 is 1.66. The summed E-state index contributed by atoms with van der Waals surface area (Å²) in [5.74, 6) is 1.18. The summed E-state index contributed by atoms with van der Waals surface area (Å²) in [5.41, 5.74) is 10.7. The van der Waals surface area contributed by atoms with Crippen LogP contribution in [0.25, 0.3) is 5.57 Å². The standard InChI is InChI=1S/C32H45BN2S.C2H6/c1-13-25(23(8)16-26(22(6)7)14-20(2)3)17-30-29(34(10)11)19-28(24(9)35(30)12)31-18-27(15-21(4)5)32(33)36-31;1-2/h13,16-21H,1,9,14-15H2,2-8,10-12H3;1-2H3/b23-16+,25-17+;. The number of nitrogens with zero attached hydrogens (tertiary/aromatic N) is 2. The molecule has 0 atom stereocenters. The van der Waals surface area contributed by atoms with Gasteiger partial charge in [0.05, 0.1) is 11.4 Å². The molecule has 0 aliphatic carbocycles. The second-order valence-corrected chi connectivity index (χ2v) is 12.2. The molecule has 38 heavy (non-hydrogen) atoms.